The first-order valence-corrected chi connectivity index (χ1v) is 11.0. The molecule has 4 rings (SSSR count). The Hall–Kier alpha value is -3.18. The van der Waals surface area contributed by atoms with E-state index in [1.165, 1.54) is 12.1 Å². The van der Waals surface area contributed by atoms with Crippen LogP contribution in [0, 0.1) is 10.1 Å². The summed E-state index contributed by atoms with van der Waals surface area (Å²) in [6, 6.07) is 12.5. The van der Waals surface area contributed by atoms with Crippen molar-refractivity contribution in [2.24, 2.45) is 0 Å². The predicted molar refractivity (Wildman–Crippen MR) is 129 cm³/mol. The molecule has 31 heavy (non-hydrogen) atoms. The lowest BCUT2D eigenvalue weighted by Crippen LogP contribution is -2.47. The lowest BCUT2D eigenvalue weighted by Gasteiger charge is -2.37. The molecule has 2 aromatic carbocycles. The van der Waals surface area contributed by atoms with Crippen LogP contribution in [0.2, 0.25) is 0 Å². The number of nitro groups is 1. The summed E-state index contributed by atoms with van der Waals surface area (Å²) in [6.07, 6.45) is 0. The number of rotatable bonds is 4. The number of thioether (sulfide) groups is 1. The van der Waals surface area contributed by atoms with Crippen molar-refractivity contribution in [2.45, 2.75) is 5.75 Å². The van der Waals surface area contributed by atoms with E-state index in [1.54, 1.807) is 23.9 Å². The van der Waals surface area contributed by atoms with E-state index in [4.69, 9.17) is 23.7 Å². The van der Waals surface area contributed by atoms with Crippen molar-refractivity contribution in [3.63, 3.8) is 0 Å². The zero-order chi connectivity index (χ0) is 22.0. The second-order valence-corrected chi connectivity index (χ2v) is 8.73. The predicted octanol–water partition coefficient (Wildman–Crippen LogP) is 3.04. The molecule has 0 spiro atoms. The number of hydrogen-bond donors (Lipinski definition) is 2. The topological polar surface area (TPSA) is 127 Å². The van der Waals surface area contributed by atoms with Gasteiger partial charge in [-0.1, -0.05) is 30.0 Å². The average molecular weight is 456 g/mol. The minimum Gasteiger partial charge on any atom is -0.383 e. The summed E-state index contributed by atoms with van der Waals surface area (Å²) in [7, 11) is 0. The van der Waals surface area contributed by atoms with Crippen LogP contribution in [0.3, 0.4) is 0 Å². The third-order valence-electron chi connectivity index (χ3n) is 5.13. The third kappa shape index (κ3) is 4.78. The molecule has 0 amide bonds. The maximum Gasteiger partial charge on any atom is 0.269 e. The van der Waals surface area contributed by atoms with Crippen molar-refractivity contribution in [3.05, 3.63) is 58.1 Å². The highest BCUT2D eigenvalue weighted by Gasteiger charge is 2.20. The summed E-state index contributed by atoms with van der Waals surface area (Å²) in [6.45, 7) is 3.23. The molecule has 2 heterocycles. The van der Waals surface area contributed by atoms with Crippen LogP contribution < -0.4 is 16.4 Å². The molecule has 1 aliphatic heterocycles. The summed E-state index contributed by atoms with van der Waals surface area (Å²) >= 11 is 7.26. The number of aromatic nitrogens is 2. The molecule has 0 radical (unpaired) electrons. The number of non-ortho nitro benzene ring substituents is 1. The molecule has 0 atom stereocenters. The molecule has 3 aromatic rings. The Morgan fingerprint density at radius 3 is 2.48 bits per heavy atom. The first-order valence-electron chi connectivity index (χ1n) is 9.63. The Morgan fingerprint density at radius 2 is 1.81 bits per heavy atom. The maximum absolute atomic E-state index is 10.8. The Balaban J connectivity index is 1.32. The van der Waals surface area contributed by atoms with Crippen molar-refractivity contribution in [1.82, 2.24) is 14.9 Å². The van der Waals surface area contributed by atoms with Crippen LogP contribution in [0.1, 0.15) is 5.56 Å². The van der Waals surface area contributed by atoms with Gasteiger partial charge in [0, 0.05) is 55.1 Å². The maximum atomic E-state index is 10.8. The standard InChI is InChI=1S/C20H21N7O2S2/c21-18-16-11-13(1-6-17(16)23-19(22)24-18)12-31-20(30)26-9-7-25(8-10-26)14-2-4-15(5-3-14)27(28)29/h1-6,11H,7-10,12H2,(H4,21,22,23,24). The molecule has 0 saturated carbocycles. The van der Waals surface area contributed by atoms with E-state index in [1.807, 2.05) is 18.2 Å². The van der Waals surface area contributed by atoms with Gasteiger partial charge < -0.3 is 21.3 Å². The van der Waals surface area contributed by atoms with Gasteiger partial charge >= 0.3 is 0 Å². The van der Waals surface area contributed by atoms with Crippen molar-refractivity contribution in [3.8, 4) is 0 Å². The summed E-state index contributed by atoms with van der Waals surface area (Å²) in [5.74, 6) is 1.27. The van der Waals surface area contributed by atoms with Gasteiger partial charge in [-0.15, -0.1) is 0 Å². The molecule has 0 bridgehead atoms. The lowest BCUT2D eigenvalue weighted by atomic mass is 10.1. The number of thiocarbonyl (C=S) groups is 1. The van der Waals surface area contributed by atoms with Gasteiger partial charge in [0.05, 0.1) is 10.4 Å². The van der Waals surface area contributed by atoms with Crippen LogP contribution in [0.15, 0.2) is 42.5 Å². The molecule has 0 aliphatic carbocycles. The Kier molecular flexibility index (Phi) is 6.05. The van der Waals surface area contributed by atoms with Gasteiger partial charge in [-0.05, 0) is 29.8 Å². The number of anilines is 3. The van der Waals surface area contributed by atoms with Crippen LogP contribution in [0.25, 0.3) is 10.9 Å². The second-order valence-electron chi connectivity index (χ2n) is 7.12. The molecule has 1 fully saturated rings. The molecule has 4 N–H and O–H groups in total. The van der Waals surface area contributed by atoms with Crippen LogP contribution in [0.5, 0.6) is 0 Å². The zero-order valence-corrected chi connectivity index (χ0v) is 18.2. The van der Waals surface area contributed by atoms with Crippen LogP contribution in [-0.4, -0.2) is 50.3 Å². The third-order valence-corrected chi connectivity index (χ3v) is 6.73. The molecule has 11 heteroatoms. The number of piperazine rings is 1. The Morgan fingerprint density at radius 1 is 1.10 bits per heavy atom. The highest BCUT2D eigenvalue weighted by Crippen LogP contribution is 2.25. The minimum atomic E-state index is -0.385. The van der Waals surface area contributed by atoms with Gasteiger partial charge in [0.1, 0.15) is 10.1 Å². The molecule has 0 unspecified atom stereocenters. The summed E-state index contributed by atoms with van der Waals surface area (Å²) in [5.41, 5.74) is 14.5. The zero-order valence-electron chi connectivity index (χ0n) is 16.6. The minimum absolute atomic E-state index is 0.102. The van der Waals surface area contributed by atoms with Gasteiger partial charge in [0.15, 0.2) is 0 Å². The lowest BCUT2D eigenvalue weighted by molar-refractivity contribution is -0.384. The number of benzene rings is 2. The summed E-state index contributed by atoms with van der Waals surface area (Å²) < 4.78 is 0.852. The molecular formula is C20H21N7O2S2. The number of nitrogen functional groups attached to an aromatic ring is 2. The number of nitro benzene ring substituents is 1. The van der Waals surface area contributed by atoms with E-state index < -0.39 is 0 Å². The van der Waals surface area contributed by atoms with Gasteiger partial charge in [0.2, 0.25) is 5.95 Å². The first kappa shape index (κ1) is 21.1. The van der Waals surface area contributed by atoms with Crippen LogP contribution >= 0.6 is 24.0 Å². The van der Waals surface area contributed by atoms with E-state index in [0.717, 1.165) is 58.4 Å². The normalized spacial score (nSPS) is 14.1. The number of nitrogens with two attached hydrogens (primary N) is 2. The van der Waals surface area contributed by atoms with Crippen LogP contribution in [0.4, 0.5) is 23.1 Å². The van der Waals surface area contributed by atoms with E-state index in [-0.39, 0.29) is 16.6 Å². The van der Waals surface area contributed by atoms with E-state index in [2.05, 4.69) is 19.8 Å². The quantitative estimate of drug-likeness (QED) is 0.344. The SMILES string of the molecule is Nc1nc(N)c2cc(CSC(=S)N3CCN(c4ccc([N+](=O)[O-])cc4)CC3)ccc2n1. The summed E-state index contributed by atoms with van der Waals surface area (Å²) in [5, 5.41) is 11.6. The van der Waals surface area contributed by atoms with Gasteiger partial charge in [0.25, 0.3) is 5.69 Å². The van der Waals surface area contributed by atoms with E-state index in [9.17, 15) is 10.1 Å². The van der Waals surface area contributed by atoms with Gasteiger partial charge in [-0.25, -0.2) is 4.98 Å². The molecule has 160 valence electrons. The Labute approximate surface area is 188 Å². The van der Waals surface area contributed by atoms with Crippen molar-refractivity contribution >= 4 is 62.3 Å². The molecule has 1 aliphatic rings. The number of hydrogen-bond acceptors (Lipinski definition) is 9. The Bertz CT molecular complexity index is 1130. The molecule has 1 aromatic heterocycles. The van der Waals surface area contributed by atoms with Gasteiger partial charge in [-0.2, -0.15) is 4.98 Å². The fourth-order valence-corrected chi connectivity index (χ4v) is 4.67. The average Bonchev–Trinajstić information content (AvgIpc) is 2.77. The van der Waals surface area contributed by atoms with Crippen molar-refractivity contribution < 1.29 is 4.92 Å². The molecule has 9 nitrogen and oxygen atoms in total. The van der Waals surface area contributed by atoms with Gasteiger partial charge in [-0.3, -0.25) is 10.1 Å². The largest absolute Gasteiger partial charge is 0.383 e. The number of nitrogens with zero attached hydrogens (tertiary/aromatic N) is 5. The van der Waals surface area contributed by atoms with Crippen molar-refractivity contribution in [1.29, 1.82) is 0 Å². The highest BCUT2D eigenvalue weighted by molar-refractivity contribution is 8.22. The van der Waals surface area contributed by atoms with E-state index >= 15 is 0 Å². The molecular weight excluding hydrogens is 434 g/mol. The number of fused-ring (bicyclic) bond motifs is 1. The fourth-order valence-electron chi connectivity index (χ4n) is 3.48. The fraction of sp³-hybridized carbons (Fsp3) is 0.250. The first-order chi connectivity index (χ1) is 14.9. The smallest absolute Gasteiger partial charge is 0.269 e. The van der Waals surface area contributed by atoms with E-state index in [0.29, 0.717) is 5.82 Å². The van der Waals surface area contributed by atoms with Crippen LogP contribution in [-0.2, 0) is 5.75 Å². The highest BCUT2D eigenvalue weighted by atomic mass is 32.2. The van der Waals surface area contributed by atoms with Crippen molar-refractivity contribution in [2.75, 3.05) is 42.5 Å². The monoisotopic (exact) mass is 455 g/mol. The molecule has 1 saturated heterocycles. The second kappa shape index (κ2) is 8.90. The summed E-state index contributed by atoms with van der Waals surface area (Å²) in [4.78, 5) is 23.1.